The lowest BCUT2D eigenvalue weighted by Gasteiger charge is -2.20. The number of anilines is 1. The van der Waals surface area contributed by atoms with Crippen molar-refractivity contribution in [2.45, 2.75) is 31.8 Å². The number of likely N-dealkylation sites (tertiary alicyclic amines) is 1. The Morgan fingerprint density at radius 2 is 2.21 bits per heavy atom. The van der Waals surface area contributed by atoms with Crippen molar-refractivity contribution in [1.82, 2.24) is 9.88 Å². The van der Waals surface area contributed by atoms with Gasteiger partial charge < -0.3 is 14.9 Å². The molecule has 19 heavy (non-hydrogen) atoms. The lowest BCUT2D eigenvalue weighted by atomic mass is 10.1. The van der Waals surface area contributed by atoms with Crippen LogP contribution in [-0.2, 0) is 6.61 Å². The maximum Gasteiger partial charge on any atom is 0.185 e. The van der Waals surface area contributed by atoms with Crippen LogP contribution in [-0.4, -0.2) is 48.7 Å². The van der Waals surface area contributed by atoms with E-state index in [0.717, 1.165) is 28.2 Å². The first-order chi connectivity index (χ1) is 9.17. The second kappa shape index (κ2) is 5.38. The molecule has 0 bridgehead atoms. The van der Waals surface area contributed by atoms with Crippen molar-refractivity contribution in [1.29, 1.82) is 0 Å². The molecule has 0 spiro atoms. The van der Waals surface area contributed by atoms with Crippen LogP contribution < -0.4 is 4.90 Å². The van der Waals surface area contributed by atoms with Crippen molar-refractivity contribution >= 4 is 16.5 Å². The molecule has 106 valence electrons. The summed E-state index contributed by atoms with van der Waals surface area (Å²) in [6, 6.07) is 0. The highest BCUT2D eigenvalue weighted by Gasteiger charge is 2.30. The standard InChI is InChI=1S/C14H23N3OS/c1-16-6-5-10(7-16)8-17(2)14-15-13(11-3-4-11)12(9-18)19-14/h10-11,18H,3-9H2,1-2H3. The largest absolute Gasteiger partial charge is 0.391 e. The zero-order valence-corrected chi connectivity index (χ0v) is 12.6. The van der Waals surface area contributed by atoms with Crippen molar-refractivity contribution in [2.24, 2.45) is 5.92 Å². The Labute approximate surface area is 119 Å². The number of nitrogens with zero attached hydrogens (tertiary/aromatic N) is 3. The molecule has 1 N–H and O–H groups in total. The maximum absolute atomic E-state index is 9.45. The van der Waals surface area contributed by atoms with Crippen molar-refractivity contribution < 1.29 is 5.11 Å². The highest BCUT2D eigenvalue weighted by molar-refractivity contribution is 7.15. The lowest BCUT2D eigenvalue weighted by molar-refractivity contribution is 0.284. The summed E-state index contributed by atoms with van der Waals surface area (Å²) < 4.78 is 0. The van der Waals surface area contributed by atoms with Gasteiger partial charge in [-0.3, -0.25) is 0 Å². The molecule has 0 radical (unpaired) electrons. The van der Waals surface area contributed by atoms with Crippen molar-refractivity contribution in [2.75, 3.05) is 38.6 Å². The average molecular weight is 281 g/mol. The van der Waals surface area contributed by atoms with E-state index >= 15 is 0 Å². The number of aromatic nitrogens is 1. The van der Waals surface area contributed by atoms with Gasteiger partial charge in [-0.05, 0) is 38.8 Å². The van der Waals surface area contributed by atoms with Gasteiger partial charge in [0.2, 0.25) is 0 Å². The first-order valence-electron chi connectivity index (χ1n) is 7.17. The minimum Gasteiger partial charge on any atom is -0.391 e. The normalized spacial score (nSPS) is 24.1. The van der Waals surface area contributed by atoms with E-state index < -0.39 is 0 Å². The zero-order valence-electron chi connectivity index (χ0n) is 11.8. The van der Waals surface area contributed by atoms with Crippen molar-refractivity contribution in [3.8, 4) is 0 Å². The molecule has 2 heterocycles. The van der Waals surface area contributed by atoms with Crippen LogP contribution in [0.25, 0.3) is 0 Å². The molecule has 1 aliphatic carbocycles. The third-order valence-corrected chi connectivity index (χ3v) is 5.34. The number of hydrogen-bond donors (Lipinski definition) is 1. The zero-order chi connectivity index (χ0) is 13.4. The molecule has 1 unspecified atom stereocenters. The summed E-state index contributed by atoms with van der Waals surface area (Å²) in [5.41, 5.74) is 1.16. The van der Waals surface area contributed by atoms with Crippen LogP contribution in [0.2, 0.25) is 0 Å². The second-order valence-electron chi connectivity index (χ2n) is 6.03. The fraction of sp³-hybridized carbons (Fsp3) is 0.786. The molecule has 2 fully saturated rings. The van der Waals surface area contributed by atoms with Crippen LogP contribution in [0.4, 0.5) is 5.13 Å². The van der Waals surface area contributed by atoms with Crippen LogP contribution in [0.1, 0.15) is 35.8 Å². The van der Waals surface area contributed by atoms with Crippen LogP contribution in [0.15, 0.2) is 0 Å². The SMILES string of the molecule is CN1CCC(CN(C)c2nc(C3CC3)c(CO)s2)C1. The van der Waals surface area contributed by atoms with E-state index in [1.54, 1.807) is 11.3 Å². The summed E-state index contributed by atoms with van der Waals surface area (Å²) in [5, 5.41) is 10.5. The third kappa shape index (κ3) is 2.93. The molecule has 1 saturated heterocycles. The molecule has 4 nitrogen and oxygen atoms in total. The maximum atomic E-state index is 9.45. The van der Waals surface area contributed by atoms with Gasteiger partial charge in [-0.2, -0.15) is 0 Å². The number of thiazole rings is 1. The number of rotatable bonds is 5. The first-order valence-corrected chi connectivity index (χ1v) is 7.99. The van der Waals surface area contributed by atoms with E-state index in [-0.39, 0.29) is 6.61 Å². The Morgan fingerprint density at radius 3 is 2.79 bits per heavy atom. The van der Waals surface area contributed by atoms with Gasteiger partial charge in [0.1, 0.15) is 0 Å². The quantitative estimate of drug-likeness (QED) is 0.895. The summed E-state index contributed by atoms with van der Waals surface area (Å²) in [6.45, 7) is 3.62. The minimum atomic E-state index is 0.142. The molecule has 1 aromatic rings. The summed E-state index contributed by atoms with van der Waals surface area (Å²) in [7, 11) is 4.33. The fourth-order valence-corrected chi connectivity index (χ4v) is 3.92. The Morgan fingerprint density at radius 1 is 1.42 bits per heavy atom. The molecule has 1 atom stereocenters. The fourth-order valence-electron chi connectivity index (χ4n) is 2.94. The summed E-state index contributed by atoms with van der Waals surface area (Å²) >= 11 is 1.67. The Balaban J connectivity index is 1.67. The molecule has 2 aliphatic rings. The van der Waals surface area contributed by atoms with Gasteiger partial charge in [-0.25, -0.2) is 4.98 Å². The van der Waals surface area contributed by atoms with Crippen LogP contribution in [0.3, 0.4) is 0 Å². The summed E-state index contributed by atoms with van der Waals surface area (Å²) in [5.74, 6) is 1.37. The Bertz CT molecular complexity index is 444. The molecule has 3 rings (SSSR count). The lowest BCUT2D eigenvalue weighted by Crippen LogP contribution is -2.27. The predicted molar refractivity (Wildman–Crippen MR) is 78.9 cm³/mol. The van der Waals surface area contributed by atoms with Gasteiger partial charge >= 0.3 is 0 Å². The van der Waals surface area contributed by atoms with Crippen LogP contribution in [0, 0.1) is 5.92 Å². The minimum absolute atomic E-state index is 0.142. The molecule has 5 heteroatoms. The topological polar surface area (TPSA) is 39.6 Å². The van der Waals surface area contributed by atoms with E-state index in [1.165, 1.54) is 32.4 Å². The van der Waals surface area contributed by atoms with Crippen molar-refractivity contribution in [3.05, 3.63) is 10.6 Å². The van der Waals surface area contributed by atoms with Gasteiger partial charge in [-0.15, -0.1) is 0 Å². The van der Waals surface area contributed by atoms with Gasteiger partial charge in [-0.1, -0.05) is 11.3 Å². The molecule has 1 saturated carbocycles. The van der Waals surface area contributed by atoms with Gasteiger partial charge in [0.25, 0.3) is 0 Å². The highest BCUT2D eigenvalue weighted by Crippen LogP contribution is 2.44. The van der Waals surface area contributed by atoms with Gasteiger partial charge in [0, 0.05) is 26.1 Å². The third-order valence-electron chi connectivity index (χ3n) is 4.17. The number of aliphatic hydroxyl groups excluding tert-OH is 1. The van der Waals surface area contributed by atoms with Crippen LogP contribution in [0.5, 0.6) is 0 Å². The van der Waals surface area contributed by atoms with Crippen molar-refractivity contribution in [3.63, 3.8) is 0 Å². The van der Waals surface area contributed by atoms with Crippen LogP contribution >= 0.6 is 11.3 Å². The Hall–Kier alpha value is -0.650. The molecule has 1 aliphatic heterocycles. The van der Waals surface area contributed by atoms with E-state index in [0.29, 0.717) is 5.92 Å². The molecule has 0 aromatic carbocycles. The van der Waals surface area contributed by atoms with E-state index in [9.17, 15) is 5.11 Å². The second-order valence-corrected chi connectivity index (χ2v) is 7.10. The summed E-state index contributed by atoms with van der Waals surface area (Å²) in [4.78, 5) is 10.5. The van der Waals surface area contributed by atoms with Gasteiger partial charge in [0.15, 0.2) is 5.13 Å². The smallest absolute Gasteiger partial charge is 0.185 e. The van der Waals surface area contributed by atoms with E-state index in [1.807, 2.05) is 0 Å². The molecular weight excluding hydrogens is 258 g/mol. The van der Waals surface area contributed by atoms with E-state index in [2.05, 4.69) is 23.9 Å². The number of aliphatic hydroxyl groups is 1. The predicted octanol–water partition coefficient (Wildman–Crippen LogP) is 1.90. The monoisotopic (exact) mass is 281 g/mol. The summed E-state index contributed by atoms with van der Waals surface area (Å²) in [6.07, 6.45) is 3.77. The average Bonchev–Trinajstić information content (AvgIpc) is 3.01. The van der Waals surface area contributed by atoms with E-state index in [4.69, 9.17) is 4.98 Å². The molecule has 1 aromatic heterocycles. The number of hydrogen-bond acceptors (Lipinski definition) is 5. The Kier molecular flexibility index (Phi) is 3.78. The first kappa shape index (κ1) is 13.3. The van der Waals surface area contributed by atoms with Gasteiger partial charge in [0.05, 0.1) is 17.2 Å². The molecule has 0 amide bonds. The highest BCUT2D eigenvalue weighted by atomic mass is 32.1. The molecular formula is C14H23N3OS.